The number of aromatic nitrogens is 3. The number of morpholine rings is 1. The van der Waals surface area contributed by atoms with Crippen LogP contribution in [0, 0.1) is 0 Å². The van der Waals surface area contributed by atoms with Crippen molar-refractivity contribution in [2.75, 3.05) is 31.6 Å². The second-order valence-corrected chi connectivity index (χ2v) is 8.78. The van der Waals surface area contributed by atoms with E-state index in [1.54, 1.807) is 30.6 Å². The molecular formula is C20H21N5O5S. The zero-order valence-electron chi connectivity index (χ0n) is 16.6. The monoisotopic (exact) mass is 443 g/mol. The van der Waals surface area contributed by atoms with Gasteiger partial charge in [0.2, 0.25) is 27.6 Å². The predicted octanol–water partition coefficient (Wildman–Crippen LogP) is 1.72. The number of hydrogen-bond acceptors (Lipinski definition) is 8. The van der Waals surface area contributed by atoms with E-state index in [0.29, 0.717) is 43.7 Å². The molecule has 1 saturated heterocycles. The highest BCUT2D eigenvalue weighted by atomic mass is 32.2. The van der Waals surface area contributed by atoms with E-state index in [0.717, 1.165) is 5.56 Å². The van der Waals surface area contributed by atoms with E-state index >= 15 is 0 Å². The number of amides is 1. The Morgan fingerprint density at radius 1 is 1.13 bits per heavy atom. The minimum atomic E-state index is -3.57. The van der Waals surface area contributed by atoms with Gasteiger partial charge in [0, 0.05) is 49.6 Å². The van der Waals surface area contributed by atoms with Gasteiger partial charge < -0.3 is 14.6 Å². The third kappa shape index (κ3) is 5.13. The highest BCUT2D eigenvalue weighted by Gasteiger charge is 2.26. The van der Waals surface area contributed by atoms with Crippen molar-refractivity contribution in [3.05, 3.63) is 54.7 Å². The van der Waals surface area contributed by atoms with Crippen LogP contribution in [-0.4, -0.2) is 60.1 Å². The standard InChI is InChI=1S/C20H21N5O5S/c26-18(7-8-19-23-20(24-30-19)15-2-1-9-21-14-15)22-16-3-5-17(6-4-16)31(27,28)25-10-12-29-13-11-25/h1-6,9,14H,7-8,10-13H2,(H,22,26). The Labute approximate surface area is 179 Å². The first-order valence-corrected chi connectivity index (χ1v) is 11.2. The summed E-state index contributed by atoms with van der Waals surface area (Å²) in [5.74, 6) is 0.520. The lowest BCUT2D eigenvalue weighted by atomic mass is 10.2. The topological polar surface area (TPSA) is 128 Å². The molecule has 2 aromatic heterocycles. The summed E-state index contributed by atoms with van der Waals surface area (Å²) in [4.78, 5) is 20.7. The second-order valence-electron chi connectivity index (χ2n) is 6.84. The first kappa shape index (κ1) is 21.1. The lowest BCUT2D eigenvalue weighted by Crippen LogP contribution is -2.40. The summed E-state index contributed by atoms with van der Waals surface area (Å²) in [7, 11) is -3.57. The molecule has 1 aliphatic rings. The second kappa shape index (κ2) is 9.33. The summed E-state index contributed by atoms with van der Waals surface area (Å²) in [5, 5.41) is 6.63. The Bertz CT molecular complexity index is 1130. The summed E-state index contributed by atoms with van der Waals surface area (Å²) in [5.41, 5.74) is 1.24. The van der Waals surface area contributed by atoms with Crippen molar-refractivity contribution in [3.8, 4) is 11.4 Å². The van der Waals surface area contributed by atoms with Crippen LogP contribution in [0.5, 0.6) is 0 Å². The van der Waals surface area contributed by atoms with Crippen LogP contribution in [-0.2, 0) is 26.0 Å². The van der Waals surface area contributed by atoms with Crippen molar-refractivity contribution in [3.63, 3.8) is 0 Å². The van der Waals surface area contributed by atoms with E-state index in [-0.39, 0.29) is 23.6 Å². The number of anilines is 1. The Morgan fingerprint density at radius 2 is 1.90 bits per heavy atom. The zero-order valence-corrected chi connectivity index (χ0v) is 17.4. The molecule has 3 aromatic rings. The Kier molecular flexibility index (Phi) is 6.35. The summed E-state index contributed by atoms with van der Waals surface area (Å²) in [6.45, 7) is 1.44. The first-order valence-electron chi connectivity index (χ1n) is 9.73. The molecule has 0 unspecified atom stereocenters. The number of nitrogens with zero attached hydrogens (tertiary/aromatic N) is 4. The molecule has 0 aliphatic carbocycles. The van der Waals surface area contributed by atoms with Gasteiger partial charge >= 0.3 is 0 Å². The molecule has 162 valence electrons. The molecule has 1 aliphatic heterocycles. The van der Waals surface area contributed by atoms with E-state index < -0.39 is 10.0 Å². The predicted molar refractivity (Wildman–Crippen MR) is 110 cm³/mol. The quantitative estimate of drug-likeness (QED) is 0.585. The number of hydrogen-bond donors (Lipinski definition) is 1. The maximum Gasteiger partial charge on any atom is 0.243 e. The number of nitrogens with one attached hydrogen (secondary N) is 1. The van der Waals surface area contributed by atoms with E-state index in [2.05, 4.69) is 20.4 Å². The number of pyridine rings is 1. The van der Waals surface area contributed by atoms with E-state index in [9.17, 15) is 13.2 Å². The fourth-order valence-corrected chi connectivity index (χ4v) is 4.47. The SMILES string of the molecule is O=C(CCc1nc(-c2cccnc2)no1)Nc1ccc(S(=O)(=O)N2CCOCC2)cc1. The van der Waals surface area contributed by atoms with Crippen LogP contribution in [0.25, 0.3) is 11.4 Å². The van der Waals surface area contributed by atoms with Gasteiger partial charge in [0.25, 0.3) is 0 Å². The van der Waals surface area contributed by atoms with Gasteiger partial charge in [-0.2, -0.15) is 9.29 Å². The van der Waals surface area contributed by atoms with Crippen LogP contribution >= 0.6 is 0 Å². The van der Waals surface area contributed by atoms with Crippen molar-refractivity contribution >= 4 is 21.6 Å². The van der Waals surface area contributed by atoms with Crippen LogP contribution in [0.4, 0.5) is 5.69 Å². The van der Waals surface area contributed by atoms with Gasteiger partial charge in [0.05, 0.1) is 18.1 Å². The minimum absolute atomic E-state index is 0.141. The molecule has 4 rings (SSSR count). The van der Waals surface area contributed by atoms with Crippen LogP contribution in [0.2, 0.25) is 0 Å². The highest BCUT2D eigenvalue weighted by Crippen LogP contribution is 2.20. The number of benzene rings is 1. The average molecular weight is 443 g/mol. The third-order valence-corrected chi connectivity index (χ3v) is 6.61. The maximum absolute atomic E-state index is 12.6. The number of aryl methyl sites for hydroxylation is 1. The summed E-state index contributed by atoms with van der Waals surface area (Å²) >= 11 is 0. The normalized spacial score (nSPS) is 15.0. The number of carbonyl (C=O) groups is 1. The van der Waals surface area contributed by atoms with Gasteiger partial charge in [-0.05, 0) is 36.4 Å². The molecule has 3 heterocycles. The van der Waals surface area contributed by atoms with Gasteiger partial charge in [0.15, 0.2) is 0 Å². The van der Waals surface area contributed by atoms with Crippen molar-refractivity contribution in [1.82, 2.24) is 19.4 Å². The number of carbonyl (C=O) groups excluding carboxylic acids is 1. The molecule has 1 aromatic carbocycles. The fraction of sp³-hybridized carbons (Fsp3) is 0.300. The summed E-state index contributed by atoms with van der Waals surface area (Å²) in [6, 6.07) is 9.70. The van der Waals surface area contributed by atoms with E-state index in [1.165, 1.54) is 16.4 Å². The lowest BCUT2D eigenvalue weighted by Gasteiger charge is -2.26. The van der Waals surface area contributed by atoms with Crippen LogP contribution in [0.15, 0.2) is 58.2 Å². The molecule has 1 fully saturated rings. The molecule has 0 radical (unpaired) electrons. The van der Waals surface area contributed by atoms with Crippen molar-refractivity contribution in [2.45, 2.75) is 17.7 Å². The van der Waals surface area contributed by atoms with Crippen molar-refractivity contribution in [2.24, 2.45) is 0 Å². The van der Waals surface area contributed by atoms with Crippen LogP contribution < -0.4 is 5.32 Å². The average Bonchev–Trinajstić information content (AvgIpc) is 3.28. The van der Waals surface area contributed by atoms with E-state index in [1.807, 2.05) is 6.07 Å². The largest absolute Gasteiger partial charge is 0.379 e. The number of ether oxygens (including phenoxy) is 1. The van der Waals surface area contributed by atoms with Crippen LogP contribution in [0.3, 0.4) is 0 Å². The van der Waals surface area contributed by atoms with Crippen LogP contribution in [0.1, 0.15) is 12.3 Å². The van der Waals surface area contributed by atoms with Crippen molar-refractivity contribution < 1.29 is 22.5 Å². The van der Waals surface area contributed by atoms with Crippen molar-refractivity contribution in [1.29, 1.82) is 0 Å². The summed E-state index contributed by atoms with van der Waals surface area (Å²) in [6.07, 6.45) is 3.70. The van der Waals surface area contributed by atoms with E-state index in [4.69, 9.17) is 9.26 Å². The van der Waals surface area contributed by atoms with Gasteiger partial charge in [-0.15, -0.1) is 0 Å². The van der Waals surface area contributed by atoms with Gasteiger partial charge in [-0.3, -0.25) is 9.78 Å². The Balaban J connectivity index is 1.31. The van der Waals surface area contributed by atoms with Gasteiger partial charge in [-0.1, -0.05) is 5.16 Å². The first-order chi connectivity index (χ1) is 15.0. The number of rotatable bonds is 7. The molecule has 0 saturated carbocycles. The minimum Gasteiger partial charge on any atom is -0.379 e. The maximum atomic E-state index is 12.6. The summed E-state index contributed by atoms with van der Waals surface area (Å²) < 4.78 is 37.1. The molecule has 0 spiro atoms. The fourth-order valence-electron chi connectivity index (χ4n) is 3.06. The zero-order chi connectivity index (χ0) is 21.7. The molecule has 10 nitrogen and oxygen atoms in total. The van der Waals surface area contributed by atoms with Gasteiger partial charge in [-0.25, -0.2) is 8.42 Å². The number of sulfonamides is 1. The third-order valence-electron chi connectivity index (χ3n) is 4.70. The Morgan fingerprint density at radius 3 is 2.61 bits per heavy atom. The molecular weight excluding hydrogens is 422 g/mol. The van der Waals surface area contributed by atoms with Gasteiger partial charge in [0.1, 0.15) is 0 Å². The molecule has 1 amide bonds. The smallest absolute Gasteiger partial charge is 0.243 e. The lowest BCUT2D eigenvalue weighted by molar-refractivity contribution is -0.116. The molecule has 11 heteroatoms. The Hall–Kier alpha value is -3.15. The molecule has 0 atom stereocenters. The molecule has 31 heavy (non-hydrogen) atoms. The molecule has 0 bridgehead atoms. The molecule has 1 N–H and O–H groups in total. The highest BCUT2D eigenvalue weighted by molar-refractivity contribution is 7.89.